The molecule has 1 fully saturated rings. The number of benzene rings is 1. The predicted octanol–water partition coefficient (Wildman–Crippen LogP) is 3.03. The first-order valence-electron chi connectivity index (χ1n) is 7.02. The molecule has 0 aromatic heterocycles. The van der Waals surface area contributed by atoms with Gasteiger partial charge >= 0.3 is 0 Å². The third-order valence-electron chi connectivity index (χ3n) is 4.11. The third kappa shape index (κ3) is 2.99. The van der Waals surface area contributed by atoms with Crippen molar-refractivity contribution >= 4 is 40.4 Å². The normalized spacial score (nSPS) is 22.9. The van der Waals surface area contributed by atoms with E-state index < -0.39 is 5.41 Å². The number of aryl methyl sites for hydroxylation is 1. The summed E-state index contributed by atoms with van der Waals surface area (Å²) >= 11 is 10.7. The number of thiocarbonyl (C=S) groups is 2. The fourth-order valence-electron chi connectivity index (χ4n) is 2.74. The molecule has 0 saturated carbocycles. The number of nitrogens with zero attached hydrogens (tertiary/aromatic N) is 2. The van der Waals surface area contributed by atoms with E-state index in [0.717, 1.165) is 19.3 Å². The second-order valence-electron chi connectivity index (χ2n) is 5.68. The van der Waals surface area contributed by atoms with Crippen molar-refractivity contribution in [2.24, 2.45) is 5.41 Å². The average Bonchev–Trinajstić information content (AvgIpc) is 2.51. The minimum atomic E-state index is -0.643. The topological polar surface area (TPSA) is 23.6 Å². The lowest BCUT2D eigenvalue weighted by Crippen LogP contribution is -2.61. The average molecular weight is 320 g/mol. The van der Waals surface area contributed by atoms with E-state index in [-0.39, 0.29) is 5.91 Å². The Balaban J connectivity index is 2.08. The first-order valence-corrected chi connectivity index (χ1v) is 7.84. The van der Waals surface area contributed by atoms with Crippen LogP contribution in [0.4, 0.5) is 0 Å². The van der Waals surface area contributed by atoms with Crippen LogP contribution >= 0.6 is 24.4 Å². The smallest absolute Gasteiger partial charge is 0.241 e. The highest BCUT2D eigenvalue weighted by Gasteiger charge is 2.47. The molecule has 1 unspecified atom stereocenters. The summed E-state index contributed by atoms with van der Waals surface area (Å²) in [5, 5.41) is 0.477. The summed E-state index contributed by atoms with van der Waals surface area (Å²) in [5.41, 5.74) is 0.642. The van der Waals surface area contributed by atoms with Crippen LogP contribution in [0.25, 0.3) is 0 Å². The standard InChI is InChI=1S/C16H20N2OS2/c1-16(11-7-10-12-8-5-4-6-9-12)13(19)17(2)15(21)18(3)14(16)20/h4-6,8-9H,7,10-11H2,1-3H3. The Kier molecular flexibility index (Phi) is 4.74. The van der Waals surface area contributed by atoms with Gasteiger partial charge in [0.1, 0.15) is 0 Å². The number of hydrogen-bond donors (Lipinski definition) is 0. The molecule has 0 spiro atoms. The molecule has 2 rings (SSSR count). The van der Waals surface area contributed by atoms with Crippen molar-refractivity contribution in [2.45, 2.75) is 26.2 Å². The molecule has 1 aromatic rings. The van der Waals surface area contributed by atoms with E-state index in [9.17, 15) is 4.79 Å². The number of amides is 1. The summed E-state index contributed by atoms with van der Waals surface area (Å²) in [6, 6.07) is 10.3. The van der Waals surface area contributed by atoms with Crippen molar-refractivity contribution in [1.29, 1.82) is 0 Å². The summed E-state index contributed by atoms with van der Waals surface area (Å²) in [6.45, 7) is 1.93. The van der Waals surface area contributed by atoms with Crippen molar-refractivity contribution in [3.05, 3.63) is 35.9 Å². The van der Waals surface area contributed by atoms with Gasteiger partial charge < -0.3 is 4.90 Å². The second-order valence-corrected chi connectivity index (χ2v) is 6.43. The summed E-state index contributed by atoms with van der Waals surface area (Å²) in [7, 11) is 3.56. The Morgan fingerprint density at radius 3 is 2.33 bits per heavy atom. The first kappa shape index (κ1) is 16.0. The zero-order valence-corrected chi connectivity index (χ0v) is 14.3. The highest BCUT2D eigenvalue weighted by molar-refractivity contribution is 7.82. The van der Waals surface area contributed by atoms with Crippen LogP contribution in [0.2, 0.25) is 0 Å². The maximum absolute atomic E-state index is 12.6. The van der Waals surface area contributed by atoms with Crippen LogP contribution in [-0.4, -0.2) is 39.9 Å². The fraction of sp³-hybridized carbons (Fsp3) is 0.438. The Labute approximate surface area is 136 Å². The Morgan fingerprint density at radius 2 is 1.71 bits per heavy atom. The molecule has 1 aliphatic heterocycles. The summed E-state index contributed by atoms with van der Waals surface area (Å²) in [5.74, 6) is 0.00339. The lowest BCUT2D eigenvalue weighted by molar-refractivity contribution is -0.134. The van der Waals surface area contributed by atoms with Crippen molar-refractivity contribution in [3.63, 3.8) is 0 Å². The summed E-state index contributed by atoms with van der Waals surface area (Å²) in [6.07, 6.45) is 2.60. The van der Waals surface area contributed by atoms with Crippen molar-refractivity contribution in [2.75, 3.05) is 14.1 Å². The van der Waals surface area contributed by atoms with Gasteiger partial charge in [0.15, 0.2) is 5.11 Å². The van der Waals surface area contributed by atoms with Crippen LogP contribution in [-0.2, 0) is 11.2 Å². The zero-order valence-electron chi connectivity index (χ0n) is 12.6. The number of carbonyl (C=O) groups excluding carboxylic acids is 1. The Hall–Kier alpha value is -1.33. The number of hydrogen-bond acceptors (Lipinski definition) is 3. The molecule has 0 aliphatic carbocycles. The van der Waals surface area contributed by atoms with E-state index in [1.54, 1.807) is 11.9 Å². The van der Waals surface area contributed by atoms with Crippen molar-refractivity contribution < 1.29 is 4.79 Å². The van der Waals surface area contributed by atoms with Gasteiger partial charge in [-0.05, 0) is 44.0 Å². The maximum Gasteiger partial charge on any atom is 0.241 e. The first-order chi connectivity index (χ1) is 9.88. The van der Waals surface area contributed by atoms with Gasteiger partial charge in [0, 0.05) is 14.1 Å². The van der Waals surface area contributed by atoms with Gasteiger partial charge in [-0.15, -0.1) is 0 Å². The van der Waals surface area contributed by atoms with Crippen LogP contribution in [0.5, 0.6) is 0 Å². The van der Waals surface area contributed by atoms with E-state index in [4.69, 9.17) is 24.4 Å². The van der Waals surface area contributed by atoms with E-state index in [2.05, 4.69) is 12.1 Å². The van der Waals surface area contributed by atoms with Gasteiger partial charge in [0.2, 0.25) is 5.91 Å². The number of carbonyl (C=O) groups is 1. The van der Waals surface area contributed by atoms with E-state index in [0.29, 0.717) is 10.1 Å². The molecule has 1 atom stereocenters. The van der Waals surface area contributed by atoms with Crippen molar-refractivity contribution in [3.8, 4) is 0 Å². The summed E-state index contributed by atoms with van der Waals surface area (Å²) in [4.78, 5) is 16.5. The van der Waals surface area contributed by atoms with Crippen LogP contribution in [0.1, 0.15) is 25.3 Å². The Morgan fingerprint density at radius 1 is 1.10 bits per heavy atom. The molecule has 5 heteroatoms. The van der Waals surface area contributed by atoms with Gasteiger partial charge in [0.25, 0.3) is 0 Å². The van der Waals surface area contributed by atoms with Gasteiger partial charge in [-0.25, -0.2) is 0 Å². The highest BCUT2D eigenvalue weighted by atomic mass is 32.1. The molecule has 0 radical (unpaired) electrons. The SMILES string of the molecule is CN1C(=O)C(C)(CCCc2ccccc2)C(=S)N(C)C1=S. The minimum absolute atomic E-state index is 0.00339. The molecule has 1 aromatic carbocycles. The van der Waals surface area contributed by atoms with Crippen LogP contribution in [0.15, 0.2) is 30.3 Å². The molecule has 1 aliphatic rings. The predicted molar refractivity (Wildman–Crippen MR) is 93.2 cm³/mol. The molecule has 21 heavy (non-hydrogen) atoms. The van der Waals surface area contributed by atoms with Gasteiger partial charge in [0.05, 0.1) is 10.4 Å². The second kappa shape index (κ2) is 6.20. The molecular weight excluding hydrogens is 300 g/mol. The van der Waals surface area contributed by atoms with E-state index in [1.165, 1.54) is 10.5 Å². The van der Waals surface area contributed by atoms with Gasteiger partial charge in [-0.1, -0.05) is 42.5 Å². The van der Waals surface area contributed by atoms with Crippen molar-refractivity contribution in [1.82, 2.24) is 9.80 Å². The maximum atomic E-state index is 12.6. The number of rotatable bonds is 4. The molecular formula is C16H20N2OS2. The molecule has 0 N–H and O–H groups in total. The van der Waals surface area contributed by atoms with E-state index in [1.807, 2.05) is 32.2 Å². The minimum Gasteiger partial charge on any atom is -0.315 e. The highest BCUT2D eigenvalue weighted by Crippen LogP contribution is 2.34. The van der Waals surface area contributed by atoms with Gasteiger partial charge in [-0.3, -0.25) is 9.69 Å². The van der Waals surface area contributed by atoms with Gasteiger partial charge in [-0.2, -0.15) is 0 Å². The summed E-state index contributed by atoms with van der Waals surface area (Å²) < 4.78 is 0. The van der Waals surface area contributed by atoms with E-state index >= 15 is 0 Å². The quantitative estimate of drug-likeness (QED) is 0.796. The van der Waals surface area contributed by atoms with Crippen LogP contribution < -0.4 is 0 Å². The molecule has 112 valence electrons. The van der Waals surface area contributed by atoms with Crippen LogP contribution in [0.3, 0.4) is 0 Å². The third-order valence-corrected chi connectivity index (χ3v) is 5.38. The molecule has 1 heterocycles. The molecule has 1 amide bonds. The zero-order chi connectivity index (χ0) is 15.6. The molecule has 1 saturated heterocycles. The lowest BCUT2D eigenvalue weighted by Gasteiger charge is -2.44. The fourth-order valence-corrected chi connectivity index (χ4v) is 3.24. The lowest BCUT2D eigenvalue weighted by atomic mass is 9.81. The monoisotopic (exact) mass is 320 g/mol. The Bertz CT molecular complexity index is 547. The van der Waals surface area contributed by atoms with Crippen LogP contribution in [0, 0.1) is 5.41 Å². The molecule has 0 bridgehead atoms. The largest absolute Gasteiger partial charge is 0.315 e. The molecule has 3 nitrogen and oxygen atoms in total.